The van der Waals surface area contributed by atoms with Gasteiger partial charge in [0.2, 0.25) is 0 Å². The number of aromatic hydroxyl groups is 2. The summed E-state index contributed by atoms with van der Waals surface area (Å²) in [5.74, 6) is 0.268. The van der Waals surface area contributed by atoms with E-state index in [0.717, 1.165) is 44.1 Å². The lowest BCUT2D eigenvalue weighted by Crippen LogP contribution is -2.34. The van der Waals surface area contributed by atoms with Crippen molar-refractivity contribution in [3.05, 3.63) is 34.2 Å². The Labute approximate surface area is 118 Å². The average Bonchev–Trinajstić information content (AvgIpc) is 2.34. The topological polar surface area (TPSA) is 89.2 Å². The predicted octanol–water partition coefficient (Wildman–Crippen LogP) is 4.39. The van der Waals surface area contributed by atoms with Crippen LogP contribution in [0.4, 0.5) is 0 Å². The number of phenolic OH excluding ortho intramolecular Hbond substituents is 2. The molecule has 1 fully saturated rings. The zero-order valence-electron chi connectivity index (χ0n) is 11.6. The lowest BCUT2D eigenvalue weighted by molar-refractivity contribution is 0.217. The standard InChI is InChI=1S/C15H21N3O2/c16-18-17-8-3-1-2-5-15(6-4-7-15)12-9-13(19)11-14(20)10-12/h9-11,19-20H,1-8H2. The maximum atomic E-state index is 9.64. The minimum Gasteiger partial charge on any atom is -0.508 e. The number of nitrogens with zero attached hydrogens (tertiary/aromatic N) is 3. The SMILES string of the molecule is [N-]=[N+]=NCCCCCC1(c2cc(O)cc(O)c2)CCC1. The second kappa shape index (κ2) is 6.53. The number of benzene rings is 1. The third-order valence-electron chi connectivity index (χ3n) is 4.30. The van der Waals surface area contributed by atoms with E-state index < -0.39 is 0 Å². The molecule has 0 atom stereocenters. The first-order valence-corrected chi connectivity index (χ1v) is 7.21. The second-order valence-electron chi connectivity index (χ2n) is 5.64. The molecule has 0 aromatic heterocycles. The maximum absolute atomic E-state index is 9.64. The molecule has 1 aliphatic carbocycles. The molecule has 2 N–H and O–H groups in total. The van der Waals surface area contributed by atoms with E-state index in [9.17, 15) is 10.2 Å². The molecule has 0 radical (unpaired) electrons. The lowest BCUT2D eigenvalue weighted by atomic mass is 9.62. The zero-order valence-corrected chi connectivity index (χ0v) is 11.6. The molecule has 0 aliphatic heterocycles. The molecule has 1 aromatic carbocycles. The van der Waals surface area contributed by atoms with E-state index in [4.69, 9.17) is 5.53 Å². The molecule has 1 aromatic rings. The summed E-state index contributed by atoms with van der Waals surface area (Å²) in [6, 6.07) is 4.92. The Morgan fingerprint density at radius 2 is 1.80 bits per heavy atom. The van der Waals surface area contributed by atoms with Crippen LogP contribution in [0.2, 0.25) is 0 Å². The molecule has 5 heteroatoms. The number of hydrogen-bond acceptors (Lipinski definition) is 3. The molecule has 0 unspecified atom stereocenters. The molecule has 108 valence electrons. The van der Waals surface area contributed by atoms with Crippen molar-refractivity contribution >= 4 is 0 Å². The van der Waals surface area contributed by atoms with E-state index in [1.54, 1.807) is 12.1 Å². The van der Waals surface area contributed by atoms with Crippen molar-refractivity contribution in [3.63, 3.8) is 0 Å². The van der Waals surface area contributed by atoms with Crippen LogP contribution in [0.15, 0.2) is 23.3 Å². The van der Waals surface area contributed by atoms with Crippen molar-refractivity contribution < 1.29 is 10.2 Å². The number of unbranched alkanes of at least 4 members (excludes halogenated alkanes) is 2. The Balaban J connectivity index is 1.93. The number of hydrogen-bond donors (Lipinski definition) is 2. The van der Waals surface area contributed by atoms with Crippen molar-refractivity contribution in [2.45, 2.75) is 50.4 Å². The Bertz CT molecular complexity index is 486. The number of rotatable bonds is 7. The van der Waals surface area contributed by atoms with Crippen molar-refractivity contribution in [3.8, 4) is 11.5 Å². The first-order chi connectivity index (χ1) is 9.66. The van der Waals surface area contributed by atoms with Crippen LogP contribution < -0.4 is 0 Å². The van der Waals surface area contributed by atoms with Crippen LogP contribution in [-0.2, 0) is 5.41 Å². The van der Waals surface area contributed by atoms with E-state index in [2.05, 4.69) is 10.0 Å². The third kappa shape index (κ3) is 3.36. The van der Waals surface area contributed by atoms with Crippen LogP contribution in [-0.4, -0.2) is 16.8 Å². The number of azide groups is 1. The van der Waals surface area contributed by atoms with Crippen LogP contribution in [0.1, 0.15) is 50.5 Å². The van der Waals surface area contributed by atoms with Crippen molar-refractivity contribution in [2.75, 3.05) is 6.54 Å². The minimum absolute atomic E-state index is 0.120. The largest absolute Gasteiger partial charge is 0.508 e. The monoisotopic (exact) mass is 275 g/mol. The van der Waals surface area contributed by atoms with Gasteiger partial charge in [0.25, 0.3) is 0 Å². The van der Waals surface area contributed by atoms with Gasteiger partial charge in [-0.15, -0.1) is 0 Å². The first kappa shape index (κ1) is 14.5. The Morgan fingerprint density at radius 3 is 2.35 bits per heavy atom. The highest BCUT2D eigenvalue weighted by Gasteiger charge is 2.38. The molecule has 0 heterocycles. The molecule has 5 nitrogen and oxygen atoms in total. The van der Waals surface area contributed by atoms with E-state index in [0.29, 0.717) is 6.54 Å². The van der Waals surface area contributed by atoms with Gasteiger partial charge in [-0.25, -0.2) is 0 Å². The molecule has 20 heavy (non-hydrogen) atoms. The zero-order chi connectivity index (χ0) is 14.4. The van der Waals surface area contributed by atoms with E-state index in [-0.39, 0.29) is 16.9 Å². The highest BCUT2D eigenvalue weighted by Crippen LogP contribution is 2.48. The van der Waals surface area contributed by atoms with Gasteiger partial charge in [-0.2, -0.15) is 0 Å². The van der Waals surface area contributed by atoms with Crippen LogP contribution in [0.5, 0.6) is 11.5 Å². The van der Waals surface area contributed by atoms with Crippen molar-refractivity contribution in [1.29, 1.82) is 0 Å². The van der Waals surface area contributed by atoms with Gasteiger partial charge in [0.05, 0.1) is 0 Å². The van der Waals surface area contributed by atoms with Crippen molar-refractivity contribution in [2.24, 2.45) is 5.11 Å². The molecule has 0 saturated heterocycles. The van der Waals surface area contributed by atoms with Gasteiger partial charge < -0.3 is 10.2 Å². The minimum atomic E-state index is 0.120. The van der Waals surface area contributed by atoms with Crippen LogP contribution in [0, 0.1) is 0 Å². The summed E-state index contributed by atoms with van der Waals surface area (Å²) < 4.78 is 0. The maximum Gasteiger partial charge on any atom is 0.119 e. The van der Waals surface area contributed by atoms with Crippen LogP contribution >= 0.6 is 0 Å². The van der Waals surface area contributed by atoms with Gasteiger partial charge in [-0.05, 0) is 54.3 Å². The summed E-state index contributed by atoms with van der Waals surface area (Å²) in [7, 11) is 0. The van der Waals surface area contributed by atoms with E-state index >= 15 is 0 Å². The number of phenols is 2. The van der Waals surface area contributed by atoms with Gasteiger partial charge in [0.15, 0.2) is 0 Å². The third-order valence-corrected chi connectivity index (χ3v) is 4.30. The Morgan fingerprint density at radius 1 is 1.10 bits per heavy atom. The fourth-order valence-corrected chi connectivity index (χ4v) is 3.06. The van der Waals surface area contributed by atoms with Crippen LogP contribution in [0.25, 0.3) is 10.4 Å². The van der Waals surface area contributed by atoms with E-state index in [1.807, 2.05) is 0 Å². The van der Waals surface area contributed by atoms with E-state index in [1.165, 1.54) is 12.5 Å². The predicted molar refractivity (Wildman–Crippen MR) is 77.8 cm³/mol. The molecule has 2 rings (SSSR count). The Hall–Kier alpha value is -1.87. The van der Waals surface area contributed by atoms with Gasteiger partial charge in [-0.3, -0.25) is 0 Å². The summed E-state index contributed by atoms with van der Waals surface area (Å²) in [6.07, 6.45) is 7.55. The molecular formula is C15H21N3O2. The highest BCUT2D eigenvalue weighted by molar-refractivity contribution is 5.41. The van der Waals surface area contributed by atoms with Gasteiger partial charge in [-0.1, -0.05) is 24.4 Å². The molecule has 1 aliphatic rings. The Kier molecular flexibility index (Phi) is 4.74. The summed E-state index contributed by atoms with van der Waals surface area (Å²) >= 11 is 0. The summed E-state index contributed by atoms with van der Waals surface area (Å²) in [5.41, 5.74) is 9.38. The molecule has 0 bridgehead atoms. The fourth-order valence-electron chi connectivity index (χ4n) is 3.06. The summed E-state index contributed by atoms with van der Waals surface area (Å²) in [6.45, 7) is 0.566. The normalized spacial score (nSPS) is 16.2. The fraction of sp³-hybridized carbons (Fsp3) is 0.600. The second-order valence-corrected chi connectivity index (χ2v) is 5.64. The first-order valence-electron chi connectivity index (χ1n) is 7.21. The van der Waals surface area contributed by atoms with Gasteiger partial charge in [0.1, 0.15) is 11.5 Å². The summed E-state index contributed by atoms with van der Waals surface area (Å²) in [5, 5.41) is 22.8. The van der Waals surface area contributed by atoms with Gasteiger partial charge >= 0.3 is 0 Å². The molecule has 0 amide bonds. The molecular weight excluding hydrogens is 254 g/mol. The summed E-state index contributed by atoms with van der Waals surface area (Å²) in [4.78, 5) is 2.75. The highest BCUT2D eigenvalue weighted by atomic mass is 16.3. The average molecular weight is 275 g/mol. The molecule has 0 spiro atoms. The quantitative estimate of drug-likeness (QED) is 0.334. The van der Waals surface area contributed by atoms with Crippen molar-refractivity contribution in [1.82, 2.24) is 0 Å². The van der Waals surface area contributed by atoms with Gasteiger partial charge in [0, 0.05) is 17.5 Å². The van der Waals surface area contributed by atoms with Crippen LogP contribution in [0.3, 0.4) is 0 Å². The smallest absolute Gasteiger partial charge is 0.119 e. The lowest BCUT2D eigenvalue weighted by Gasteiger charge is -2.43. The molecule has 1 saturated carbocycles.